The van der Waals surface area contributed by atoms with Crippen molar-refractivity contribution in [3.63, 3.8) is 0 Å². The van der Waals surface area contributed by atoms with Crippen LogP contribution in [0, 0.1) is 6.92 Å². The monoisotopic (exact) mass is 225 g/mol. The number of hydrogen-bond acceptors (Lipinski definition) is 0. The van der Waals surface area contributed by atoms with E-state index >= 15 is 0 Å². The number of hydrogen-bond donors (Lipinski definition) is 1. The molecule has 0 radical (unpaired) electrons. The molecule has 1 N–H and O–H groups in total. The van der Waals surface area contributed by atoms with Crippen molar-refractivity contribution in [2.45, 2.75) is 6.92 Å². The summed E-state index contributed by atoms with van der Waals surface area (Å²) in [5, 5.41) is 1.31. The predicted octanol–water partition coefficient (Wildman–Crippen LogP) is 4.30. The minimum atomic E-state index is 0.653. The Bertz CT molecular complexity index is 440. The lowest BCUT2D eigenvalue weighted by atomic mass is 10.1. The zero-order valence-corrected chi connectivity index (χ0v) is 9.15. The summed E-state index contributed by atoms with van der Waals surface area (Å²) in [7, 11) is 0. The summed E-state index contributed by atoms with van der Waals surface area (Å²) < 4.78 is 0. The van der Waals surface area contributed by atoms with Crippen LogP contribution in [0.15, 0.2) is 30.5 Å². The summed E-state index contributed by atoms with van der Waals surface area (Å²) in [4.78, 5) is 3.16. The molecule has 0 aliphatic rings. The zero-order valence-electron chi connectivity index (χ0n) is 7.64. The summed E-state index contributed by atoms with van der Waals surface area (Å²) in [5.74, 6) is 0. The van der Waals surface area contributed by atoms with E-state index < -0.39 is 0 Å². The smallest absolute Gasteiger partial charge is 0.0457 e. The fourth-order valence-corrected chi connectivity index (χ4v) is 1.90. The number of benzene rings is 1. The van der Waals surface area contributed by atoms with E-state index in [4.69, 9.17) is 23.2 Å². The van der Waals surface area contributed by atoms with Crippen molar-refractivity contribution >= 4 is 23.2 Å². The molecular weight excluding hydrogens is 217 g/mol. The number of nitrogens with one attached hydrogen (secondary N) is 1. The Labute approximate surface area is 92.7 Å². The molecule has 0 saturated carbocycles. The minimum Gasteiger partial charge on any atom is -0.361 e. The van der Waals surface area contributed by atoms with E-state index in [0.29, 0.717) is 10.0 Å². The van der Waals surface area contributed by atoms with Gasteiger partial charge in [0.1, 0.15) is 0 Å². The largest absolute Gasteiger partial charge is 0.361 e. The molecule has 0 unspecified atom stereocenters. The van der Waals surface area contributed by atoms with Crippen LogP contribution in [0.4, 0.5) is 0 Å². The average molecular weight is 226 g/mol. The van der Waals surface area contributed by atoms with E-state index in [9.17, 15) is 0 Å². The van der Waals surface area contributed by atoms with Gasteiger partial charge in [0, 0.05) is 27.5 Å². The molecule has 0 amide bonds. The zero-order chi connectivity index (χ0) is 10.1. The van der Waals surface area contributed by atoms with Crippen LogP contribution < -0.4 is 0 Å². The third-order valence-electron chi connectivity index (χ3n) is 2.00. The van der Waals surface area contributed by atoms with Crippen LogP contribution in [0.2, 0.25) is 10.0 Å². The fraction of sp³-hybridized carbons (Fsp3) is 0.0909. The maximum absolute atomic E-state index is 5.91. The van der Waals surface area contributed by atoms with Crippen molar-refractivity contribution in [2.24, 2.45) is 0 Å². The first kappa shape index (κ1) is 9.63. The Kier molecular flexibility index (Phi) is 2.53. The topological polar surface area (TPSA) is 15.8 Å². The second kappa shape index (κ2) is 3.68. The van der Waals surface area contributed by atoms with Gasteiger partial charge in [-0.2, -0.15) is 0 Å². The highest BCUT2D eigenvalue weighted by Gasteiger charge is 2.02. The van der Waals surface area contributed by atoms with Crippen molar-refractivity contribution in [1.82, 2.24) is 4.98 Å². The van der Waals surface area contributed by atoms with Crippen LogP contribution in [0.1, 0.15) is 5.56 Å². The highest BCUT2D eigenvalue weighted by molar-refractivity contribution is 6.35. The molecule has 1 nitrogen and oxygen atoms in total. The van der Waals surface area contributed by atoms with E-state index in [-0.39, 0.29) is 0 Å². The first-order valence-electron chi connectivity index (χ1n) is 4.26. The molecule has 3 heteroatoms. The Morgan fingerprint density at radius 2 is 1.64 bits per heavy atom. The number of aryl methyl sites for hydroxylation is 1. The molecule has 2 aromatic rings. The first-order valence-corrected chi connectivity index (χ1v) is 5.02. The van der Waals surface area contributed by atoms with Crippen molar-refractivity contribution in [3.8, 4) is 11.3 Å². The molecule has 0 saturated heterocycles. The predicted molar refractivity (Wildman–Crippen MR) is 61.0 cm³/mol. The van der Waals surface area contributed by atoms with Gasteiger partial charge in [0.15, 0.2) is 0 Å². The van der Waals surface area contributed by atoms with Gasteiger partial charge in [0.25, 0.3) is 0 Å². The van der Waals surface area contributed by atoms with Crippen molar-refractivity contribution in [1.29, 1.82) is 0 Å². The molecule has 1 heterocycles. The Hall–Kier alpha value is -0.920. The Morgan fingerprint density at radius 1 is 1.00 bits per heavy atom. The SMILES string of the molecule is Cc1c[nH]c(-c2cc(Cl)cc(Cl)c2)c1. The standard InChI is InChI=1S/C11H9Cl2N/c1-7-2-11(14-6-7)8-3-9(12)5-10(13)4-8/h2-6,14H,1H3. The lowest BCUT2D eigenvalue weighted by Gasteiger charge is -2.00. The molecule has 14 heavy (non-hydrogen) atoms. The summed E-state index contributed by atoms with van der Waals surface area (Å²) >= 11 is 11.8. The van der Waals surface area contributed by atoms with Gasteiger partial charge in [-0.1, -0.05) is 23.2 Å². The number of rotatable bonds is 1. The van der Waals surface area contributed by atoms with Gasteiger partial charge in [-0.3, -0.25) is 0 Å². The van der Waals surface area contributed by atoms with Gasteiger partial charge >= 0.3 is 0 Å². The molecule has 1 aromatic carbocycles. The van der Waals surface area contributed by atoms with E-state index in [1.807, 2.05) is 25.3 Å². The molecular formula is C11H9Cl2N. The molecule has 2 rings (SSSR count). The van der Waals surface area contributed by atoms with Gasteiger partial charge in [0.2, 0.25) is 0 Å². The normalized spacial score (nSPS) is 10.5. The van der Waals surface area contributed by atoms with Crippen molar-refractivity contribution < 1.29 is 0 Å². The van der Waals surface area contributed by atoms with Gasteiger partial charge in [-0.25, -0.2) is 0 Å². The van der Waals surface area contributed by atoms with E-state index in [1.165, 1.54) is 5.56 Å². The second-order valence-corrected chi connectivity index (χ2v) is 4.12. The highest BCUT2D eigenvalue weighted by Crippen LogP contribution is 2.26. The van der Waals surface area contributed by atoms with Crippen LogP contribution in [0.25, 0.3) is 11.3 Å². The summed E-state index contributed by atoms with van der Waals surface area (Å²) in [6, 6.07) is 7.56. The summed E-state index contributed by atoms with van der Waals surface area (Å²) in [6.07, 6.45) is 1.95. The fourth-order valence-electron chi connectivity index (χ4n) is 1.38. The van der Waals surface area contributed by atoms with E-state index in [2.05, 4.69) is 11.1 Å². The molecule has 0 atom stereocenters. The summed E-state index contributed by atoms with van der Waals surface area (Å²) in [5.41, 5.74) is 3.23. The maximum Gasteiger partial charge on any atom is 0.0457 e. The van der Waals surface area contributed by atoms with Crippen LogP contribution in [0.3, 0.4) is 0 Å². The number of halogens is 2. The maximum atomic E-state index is 5.91. The van der Waals surface area contributed by atoms with Crippen molar-refractivity contribution in [3.05, 3.63) is 46.1 Å². The van der Waals surface area contributed by atoms with Crippen LogP contribution in [-0.4, -0.2) is 4.98 Å². The number of aromatic nitrogens is 1. The molecule has 72 valence electrons. The third-order valence-corrected chi connectivity index (χ3v) is 2.44. The van der Waals surface area contributed by atoms with E-state index in [1.54, 1.807) is 6.07 Å². The van der Waals surface area contributed by atoms with Gasteiger partial charge in [-0.15, -0.1) is 0 Å². The Balaban J connectivity index is 2.51. The van der Waals surface area contributed by atoms with Gasteiger partial charge < -0.3 is 4.98 Å². The van der Waals surface area contributed by atoms with Crippen LogP contribution >= 0.6 is 23.2 Å². The average Bonchev–Trinajstić information content (AvgIpc) is 2.50. The first-order chi connectivity index (χ1) is 6.65. The molecule has 0 fully saturated rings. The van der Waals surface area contributed by atoms with Crippen molar-refractivity contribution in [2.75, 3.05) is 0 Å². The van der Waals surface area contributed by atoms with E-state index in [0.717, 1.165) is 11.3 Å². The van der Waals surface area contributed by atoms with Crippen LogP contribution in [-0.2, 0) is 0 Å². The lowest BCUT2D eigenvalue weighted by molar-refractivity contribution is 1.38. The van der Waals surface area contributed by atoms with Gasteiger partial charge in [-0.05, 0) is 36.8 Å². The minimum absolute atomic E-state index is 0.653. The molecule has 0 spiro atoms. The summed E-state index contributed by atoms with van der Waals surface area (Å²) in [6.45, 7) is 2.03. The Morgan fingerprint density at radius 3 is 2.14 bits per heavy atom. The lowest BCUT2D eigenvalue weighted by Crippen LogP contribution is -1.77. The molecule has 0 aliphatic heterocycles. The molecule has 1 aromatic heterocycles. The molecule has 0 aliphatic carbocycles. The third kappa shape index (κ3) is 1.94. The highest BCUT2D eigenvalue weighted by atomic mass is 35.5. The number of H-pyrrole nitrogens is 1. The molecule has 0 bridgehead atoms. The van der Waals surface area contributed by atoms with Gasteiger partial charge in [0.05, 0.1) is 0 Å². The second-order valence-electron chi connectivity index (χ2n) is 3.25. The number of aromatic amines is 1. The van der Waals surface area contributed by atoms with Crippen LogP contribution in [0.5, 0.6) is 0 Å². The quantitative estimate of drug-likeness (QED) is 0.746.